The summed E-state index contributed by atoms with van der Waals surface area (Å²) in [5.74, 6) is 1.28. The third-order valence-corrected chi connectivity index (χ3v) is 8.55. The summed E-state index contributed by atoms with van der Waals surface area (Å²) in [7, 11) is 2.04. The van der Waals surface area contributed by atoms with Gasteiger partial charge in [-0.25, -0.2) is 9.78 Å². The summed E-state index contributed by atoms with van der Waals surface area (Å²) in [6, 6.07) is 18.5. The lowest BCUT2D eigenvalue weighted by atomic mass is 9.93. The molecule has 0 unspecified atom stereocenters. The maximum absolute atomic E-state index is 12.5. The second-order valence-electron chi connectivity index (χ2n) is 11.8. The van der Waals surface area contributed by atoms with Gasteiger partial charge in [0, 0.05) is 49.3 Å². The minimum atomic E-state index is -0.846. The van der Waals surface area contributed by atoms with E-state index >= 15 is 0 Å². The predicted molar refractivity (Wildman–Crippen MR) is 173 cm³/mol. The Bertz CT molecular complexity index is 1500. The molecule has 1 aromatic heterocycles. The number of anilines is 2. The number of carboxylic acid groups (broad SMARTS) is 1. The molecule has 0 saturated heterocycles. The maximum atomic E-state index is 12.5. The van der Waals surface area contributed by atoms with Gasteiger partial charge in [0.25, 0.3) is 0 Å². The molecule has 2 aromatic carbocycles. The van der Waals surface area contributed by atoms with Crippen molar-refractivity contribution in [3.63, 3.8) is 0 Å². The van der Waals surface area contributed by atoms with E-state index in [2.05, 4.69) is 34.5 Å². The summed E-state index contributed by atoms with van der Waals surface area (Å²) < 4.78 is 17.7. The number of nitrogens with zero attached hydrogens (tertiary/aromatic N) is 2. The number of nitrogens with one attached hydrogen (secondary N) is 1. The van der Waals surface area contributed by atoms with E-state index in [1.54, 1.807) is 0 Å². The number of hydrogen-bond donors (Lipinski definition) is 2. The number of allylic oxidation sites excluding steroid dienone is 2. The number of hydrogen-bond acceptors (Lipinski definition) is 7. The molecule has 1 saturated carbocycles. The van der Waals surface area contributed by atoms with Crippen LogP contribution in [0.4, 0.5) is 16.2 Å². The first-order valence-corrected chi connectivity index (χ1v) is 15.9. The maximum Gasteiger partial charge on any atom is 0.407 e. The number of ether oxygens (including phenoxy) is 2. The van der Waals surface area contributed by atoms with Gasteiger partial charge in [-0.15, -0.1) is 0 Å². The summed E-state index contributed by atoms with van der Waals surface area (Å²) >= 11 is 0. The molecule has 9 heteroatoms. The highest BCUT2D eigenvalue weighted by atomic mass is 16.5. The van der Waals surface area contributed by atoms with Gasteiger partial charge in [0.05, 0.1) is 18.1 Å². The molecule has 1 heterocycles. The van der Waals surface area contributed by atoms with Crippen molar-refractivity contribution in [3.05, 3.63) is 89.0 Å². The van der Waals surface area contributed by atoms with Crippen LogP contribution in [-0.4, -0.2) is 48.5 Å². The molecular formula is C36H43N3O6. The second kappa shape index (κ2) is 15.5. The number of aromatic nitrogens is 1. The zero-order chi connectivity index (χ0) is 31.6. The Morgan fingerprint density at radius 3 is 2.47 bits per heavy atom. The fourth-order valence-electron chi connectivity index (χ4n) is 5.89. The third-order valence-electron chi connectivity index (χ3n) is 8.55. The number of carbonyl (C=O) groups is 2. The lowest BCUT2D eigenvalue weighted by Crippen LogP contribution is -2.36. The summed E-state index contributed by atoms with van der Waals surface area (Å²) in [5, 5.41) is 12.2. The van der Waals surface area contributed by atoms with Crippen molar-refractivity contribution in [2.24, 2.45) is 0 Å². The number of carbonyl (C=O) groups excluding carboxylic acids is 1. The van der Waals surface area contributed by atoms with Gasteiger partial charge in [0.1, 0.15) is 12.4 Å². The van der Waals surface area contributed by atoms with E-state index in [9.17, 15) is 14.7 Å². The molecular weight excluding hydrogens is 570 g/mol. The zero-order valence-corrected chi connectivity index (χ0v) is 26.2. The molecule has 238 valence electrons. The number of aliphatic carboxylic acids is 1. The van der Waals surface area contributed by atoms with Gasteiger partial charge in [-0.05, 0) is 80.7 Å². The molecule has 2 aliphatic carbocycles. The molecule has 2 N–H and O–H groups in total. The molecule has 2 aliphatic rings. The number of rotatable bonds is 13. The molecule has 5 rings (SSSR count). The van der Waals surface area contributed by atoms with Gasteiger partial charge in [-0.2, -0.15) is 0 Å². The van der Waals surface area contributed by atoms with Gasteiger partial charge in [0.2, 0.25) is 5.89 Å². The number of oxazole rings is 1. The van der Waals surface area contributed by atoms with Crippen LogP contribution < -0.4 is 10.2 Å². The van der Waals surface area contributed by atoms with Gasteiger partial charge >= 0.3 is 12.1 Å². The fraction of sp³-hybridized carbons (Fsp3) is 0.417. The van der Waals surface area contributed by atoms with Crippen LogP contribution in [0.3, 0.4) is 0 Å². The van der Waals surface area contributed by atoms with Gasteiger partial charge in [-0.1, -0.05) is 43.0 Å². The molecule has 0 spiro atoms. The largest absolute Gasteiger partial charge is 0.498 e. The van der Waals surface area contributed by atoms with Crippen LogP contribution in [0, 0.1) is 6.92 Å². The number of carboxylic acids is 1. The van der Waals surface area contributed by atoms with E-state index < -0.39 is 12.1 Å². The van der Waals surface area contributed by atoms with Gasteiger partial charge < -0.3 is 29.2 Å². The smallest absolute Gasteiger partial charge is 0.407 e. The summed E-state index contributed by atoms with van der Waals surface area (Å²) in [5.41, 5.74) is 5.73. The highest BCUT2D eigenvalue weighted by Gasteiger charge is 2.20. The van der Waals surface area contributed by atoms with Crippen molar-refractivity contribution in [3.8, 4) is 11.5 Å². The van der Waals surface area contributed by atoms with Crippen LogP contribution >= 0.6 is 0 Å². The van der Waals surface area contributed by atoms with Crippen molar-refractivity contribution in [1.29, 1.82) is 0 Å². The Morgan fingerprint density at radius 2 is 1.73 bits per heavy atom. The lowest BCUT2D eigenvalue weighted by Gasteiger charge is -2.23. The van der Waals surface area contributed by atoms with E-state index in [4.69, 9.17) is 18.9 Å². The molecule has 0 atom stereocenters. The standard InChI is InChI=1S/C36H43N3O6/c1-25-33(38-35(45-25)27-13-17-31(18-14-27)39(2)30-11-7-4-8-12-30)21-22-43-32-19-15-26(16-20-34(40)41)28(23-32)24-44-36(42)37-29-9-5-3-6-10-29/h4,7-8,11-14,17-18,23,29H,3,5-6,9-10,15-16,19-22,24H2,1-2H3,(H,37,42)(H,40,41). The summed E-state index contributed by atoms with van der Waals surface area (Å²) in [6.07, 6.45) is 9.25. The topological polar surface area (TPSA) is 114 Å². The Morgan fingerprint density at radius 1 is 1.00 bits per heavy atom. The summed E-state index contributed by atoms with van der Waals surface area (Å²) in [6.45, 7) is 2.42. The number of alkyl carbamates (subject to hydrolysis) is 1. The normalized spacial score (nSPS) is 15.4. The van der Waals surface area contributed by atoms with Crippen LogP contribution in [0.2, 0.25) is 0 Å². The molecule has 0 bridgehead atoms. The first-order chi connectivity index (χ1) is 21.9. The average molecular weight is 614 g/mol. The average Bonchev–Trinajstić information content (AvgIpc) is 3.43. The Labute approximate surface area is 264 Å². The van der Waals surface area contributed by atoms with Crippen molar-refractivity contribution in [1.82, 2.24) is 10.3 Å². The number of para-hydroxylation sites is 1. The van der Waals surface area contributed by atoms with Gasteiger partial charge in [-0.3, -0.25) is 4.79 Å². The third kappa shape index (κ3) is 9.00. The minimum Gasteiger partial charge on any atom is -0.498 e. The van der Waals surface area contributed by atoms with Crippen molar-refractivity contribution >= 4 is 23.4 Å². The highest BCUT2D eigenvalue weighted by Crippen LogP contribution is 2.30. The number of amides is 1. The zero-order valence-electron chi connectivity index (χ0n) is 26.2. The minimum absolute atomic E-state index is 0.0390. The number of aryl methyl sites for hydroxylation is 1. The van der Waals surface area contributed by atoms with Crippen LogP contribution in [0.25, 0.3) is 11.5 Å². The molecule has 1 amide bonds. The molecule has 9 nitrogen and oxygen atoms in total. The Kier molecular flexibility index (Phi) is 11.0. The first-order valence-electron chi connectivity index (χ1n) is 15.9. The Balaban J connectivity index is 1.17. The van der Waals surface area contributed by atoms with E-state index in [1.807, 2.05) is 50.4 Å². The monoisotopic (exact) mass is 613 g/mol. The second-order valence-corrected chi connectivity index (χ2v) is 11.8. The first kappa shape index (κ1) is 31.9. The van der Waals surface area contributed by atoms with Crippen LogP contribution in [0.15, 0.2) is 82.0 Å². The van der Waals surface area contributed by atoms with E-state index in [0.717, 1.165) is 71.0 Å². The van der Waals surface area contributed by atoms with Crippen molar-refractivity contribution in [2.75, 3.05) is 25.2 Å². The Hall–Kier alpha value is -4.53. The van der Waals surface area contributed by atoms with Crippen molar-refractivity contribution in [2.45, 2.75) is 77.2 Å². The lowest BCUT2D eigenvalue weighted by molar-refractivity contribution is -0.136. The molecule has 0 radical (unpaired) electrons. The van der Waals surface area contributed by atoms with Crippen LogP contribution in [0.5, 0.6) is 0 Å². The molecule has 1 fully saturated rings. The molecule has 3 aromatic rings. The van der Waals surface area contributed by atoms with Crippen LogP contribution in [-0.2, 0) is 20.7 Å². The molecule has 45 heavy (non-hydrogen) atoms. The fourth-order valence-corrected chi connectivity index (χ4v) is 5.89. The van der Waals surface area contributed by atoms with Gasteiger partial charge in [0.15, 0.2) is 0 Å². The van der Waals surface area contributed by atoms with Crippen molar-refractivity contribution < 1.29 is 28.6 Å². The number of benzene rings is 2. The molecule has 0 aliphatic heterocycles. The van der Waals surface area contributed by atoms with E-state index in [0.29, 0.717) is 38.2 Å². The van der Waals surface area contributed by atoms with E-state index in [-0.39, 0.29) is 19.1 Å². The van der Waals surface area contributed by atoms with E-state index in [1.165, 1.54) is 6.42 Å². The SMILES string of the molecule is Cc1oc(-c2ccc(N(C)c3ccccc3)cc2)nc1CCOC1=CC(COC(=O)NC2CCCCC2)=C(CCC(=O)O)CC1. The predicted octanol–water partition coefficient (Wildman–Crippen LogP) is 7.88. The highest BCUT2D eigenvalue weighted by molar-refractivity contribution is 5.68. The summed E-state index contributed by atoms with van der Waals surface area (Å²) in [4.78, 5) is 30.6. The van der Waals surface area contributed by atoms with Crippen LogP contribution in [0.1, 0.15) is 69.2 Å². The quantitative estimate of drug-likeness (QED) is 0.200.